The summed E-state index contributed by atoms with van der Waals surface area (Å²) in [6.45, 7) is 1.18. The lowest BCUT2D eigenvalue weighted by atomic mass is 9.92. The number of rotatable bonds is 5. The van der Waals surface area contributed by atoms with Gasteiger partial charge in [0, 0.05) is 17.1 Å². The molecule has 1 N–H and O–H groups in total. The first kappa shape index (κ1) is 20.2. The summed E-state index contributed by atoms with van der Waals surface area (Å²) >= 11 is 5.90. The summed E-state index contributed by atoms with van der Waals surface area (Å²) in [5.74, 6) is -0.907. The summed E-state index contributed by atoms with van der Waals surface area (Å²) in [5.41, 5.74) is -0.723. The van der Waals surface area contributed by atoms with Crippen molar-refractivity contribution in [2.24, 2.45) is 0 Å². The molecule has 3 fully saturated rings. The maximum absolute atomic E-state index is 13.0. The average molecular weight is 440 g/mol. The van der Waals surface area contributed by atoms with E-state index in [4.69, 9.17) is 11.6 Å². The zero-order valence-electron chi connectivity index (χ0n) is 15.9. The van der Waals surface area contributed by atoms with E-state index in [-0.39, 0.29) is 23.6 Å². The maximum Gasteiger partial charge on any atom is 0.325 e. The van der Waals surface area contributed by atoms with Crippen molar-refractivity contribution < 1.29 is 22.8 Å². The van der Waals surface area contributed by atoms with E-state index in [1.807, 2.05) is 0 Å². The number of hydrogen-bond donors (Lipinski definition) is 1. The van der Waals surface area contributed by atoms with Gasteiger partial charge in [0.25, 0.3) is 5.91 Å². The number of benzene rings is 1. The molecule has 0 radical (unpaired) electrons. The van der Waals surface area contributed by atoms with Gasteiger partial charge in [-0.2, -0.15) is 0 Å². The van der Waals surface area contributed by atoms with Gasteiger partial charge in [0.05, 0.1) is 11.5 Å². The number of amides is 4. The van der Waals surface area contributed by atoms with Crippen molar-refractivity contribution in [2.75, 3.05) is 18.1 Å². The largest absolute Gasteiger partial charge is 0.334 e. The van der Waals surface area contributed by atoms with Gasteiger partial charge in [-0.3, -0.25) is 14.5 Å². The van der Waals surface area contributed by atoms with Crippen molar-refractivity contribution in [3.05, 3.63) is 34.9 Å². The Labute approximate surface area is 174 Å². The number of urea groups is 1. The quantitative estimate of drug-likeness (QED) is 0.696. The Morgan fingerprint density at radius 3 is 2.41 bits per heavy atom. The highest BCUT2D eigenvalue weighted by Gasteiger charge is 2.51. The smallest absolute Gasteiger partial charge is 0.325 e. The van der Waals surface area contributed by atoms with Crippen molar-refractivity contribution in [2.45, 2.75) is 43.8 Å². The predicted octanol–water partition coefficient (Wildman–Crippen LogP) is 1.29. The third-order valence-corrected chi connectivity index (χ3v) is 7.82. The Morgan fingerprint density at radius 2 is 1.86 bits per heavy atom. The van der Waals surface area contributed by atoms with E-state index in [0.717, 1.165) is 17.7 Å². The molecular weight excluding hydrogens is 418 g/mol. The third kappa shape index (κ3) is 3.73. The highest BCUT2D eigenvalue weighted by molar-refractivity contribution is 7.91. The van der Waals surface area contributed by atoms with Gasteiger partial charge in [-0.15, -0.1) is 0 Å². The van der Waals surface area contributed by atoms with Crippen LogP contribution in [-0.2, 0) is 25.0 Å². The van der Waals surface area contributed by atoms with E-state index in [1.165, 1.54) is 0 Å². The van der Waals surface area contributed by atoms with E-state index in [1.54, 1.807) is 36.1 Å². The molecule has 0 unspecified atom stereocenters. The molecule has 156 valence electrons. The van der Waals surface area contributed by atoms with Gasteiger partial charge in [-0.1, -0.05) is 23.7 Å². The second kappa shape index (κ2) is 6.98. The SMILES string of the molecule is C[C@]1(c2ccc(Cl)cc2)NC(=O)N(CC(=O)N(C2CC2)[C@H]2CCS(=O)(=O)C2)C1=O. The summed E-state index contributed by atoms with van der Waals surface area (Å²) in [5, 5.41) is 3.17. The molecule has 29 heavy (non-hydrogen) atoms. The Balaban J connectivity index is 1.52. The molecule has 0 aromatic heterocycles. The Bertz CT molecular complexity index is 976. The summed E-state index contributed by atoms with van der Waals surface area (Å²) in [6.07, 6.45) is 2.02. The van der Waals surface area contributed by atoms with Gasteiger partial charge < -0.3 is 10.2 Å². The summed E-state index contributed by atoms with van der Waals surface area (Å²) in [6, 6.07) is 5.54. The zero-order chi connectivity index (χ0) is 21.0. The van der Waals surface area contributed by atoms with Crippen molar-refractivity contribution in [1.82, 2.24) is 15.1 Å². The monoisotopic (exact) mass is 439 g/mol. The number of carbonyl (C=O) groups excluding carboxylic acids is 3. The van der Waals surface area contributed by atoms with Crippen LogP contribution in [0.4, 0.5) is 4.79 Å². The molecule has 0 bridgehead atoms. The van der Waals surface area contributed by atoms with Crippen molar-refractivity contribution in [3.63, 3.8) is 0 Å². The van der Waals surface area contributed by atoms with Crippen LogP contribution >= 0.6 is 11.6 Å². The van der Waals surface area contributed by atoms with Crippen LogP contribution < -0.4 is 5.32 Å². The normalized spacial score (nSPS) is 28.5. The molecule has 2 aliphatic heterocycles. The van der Waals surface area contributed by atoms with Gasteiger partial charge in [0.1, 0.15) is 12.1 Å². The van der Waals surface area contributed by atoms with E-state index in [9.17, 15) is 22.8 Å². The average Bonchev–Trinajstić information content (AvgIpc) is 3.37. The van der Waals surface area contributed by atoms with E-state index in [2.05, 4.69) is 5.32 Å². The summed E-state index contributed by atoms with van der Waals surface area (Å²) < 4.78 is 23.7. The molecule has 0 spiro atoms. The van der Waals surface area contributed by atoms with Crippen molar-refractivity contribution in [1.29, 1.82) is 0 Å². The molecule has 3 aliphatic rings. The Hall–Kier alpha value is -2.13. The van der Waals surface area contributed by atoms with Crippen LogP contribution in [0.15, 0.2) is 24.3 Å². The molecule has 2 heterocycles. The predicted molar refractivity (Wildman–Crippen MR) is 106 cm³/mol. The van der Waals surface area contributed by atoms with Crippen LogP contribution in [0.2, 0.25) is 5.02 Å². The molecule has 1 saturated carbocycles. The Morgan fingerprint density at radius 1 is 1.21 bits per heavy atom. The molecule has 10 heteroatoms. The second-order valence-electron chi connectivity index (χ2n) is 8.04. The van der Waals surface area contributed by atoms with Gasteiger partial charge in [0.15, 0.2) is 9.84 Å². The van der Waals surface area contributed by atoms with E-state index >= 15 is 0 Å². The zero-order valence-corrected chi connectivity index (χ0v) is 17.5. The third-order valence-electron chi connectivity index (χ3n) is 5.82. The molecule has 4 amide bonds. The number of nitrogens with one attached hydrogen (secondary N) is 1. The standard InChI is InChI=1S/C19H22ClN3O5S/c1-19(12-2-4-13(20)5-3-12)17(25)22(18(26)21-19)10-16(24)23(14-6-7-14)15-8-9-29(27,28)11-15/h2-5,14-15H,6-11H2,1H3,(H,21,26)/t15-,19+/m0/s1. The minimum absolute atomic E-state index is 0.00999. The van der Waals surface area contributed by atoms with Crippen molar-refractivity contribution >= 4 is 39.3 Å². The van der Waals surface area contributed by atoms with Gasteiger partial charge in [0.2, 0.25) is 5.91 Å². The first-order chi connectivity index (χ1) is 13.6. The topological polar surface area (TPSA) is 104 Å². The van der Waals surface area contributed by atoms with Gasteiger partial charge >= 0.3 is 6.03 Å². The van der Waals surface area contributed by atoms with Crippen LogP contribution in [0.25, 0.3) is 0 Å². The number of carbonyl (C=O) groups is 3. The molecule has 8 nitrogen and oxygen atoms in total. The van der Waals surface area contributed by atoms with Gasteiger partial charge in [-0.25, -0.2) is 13.2 Å². The number of halogens is 1. The van der Waals surface area contributed by atoms with E-state index in [0.29, 0.717) is 17.0 Å². The van der Waals surface area contributed by atoms with E-state index < -0.39 is 39.8 Å². The summed E-state index contributed by atoms with van der Waals surface area (Å²) in [7, 11) is -3.15. The second-order valence-corrected chi connectivity index (χ2v) is 10.7. The minimum atomic E-state index is -3.15. The molecule has 1 aliphatic carbocycles. The lowest BCUT2D eigenvalue weighted by molar-refractivity contribution is -0.140. The fourth-order valence-corrected chi connectivity index (χ4v) is 5.93. The fraction of sp³-hybridized carbons (Fsp3) is 0.526. The lowest BCUT2D eigenvalue weighted by Crippen LogP contribution is -2.49. The van der Waals surface area contributed by atoms with Crippen LogP contribution in [0, 0.1) is 0 Å². The first-order valence-corrected chi connectivity index (χ1v) is 11.7. The van der Waals surface area contributed by atoms with Crippen LogP contribution in [-0.4, -0.2) is 66.2 Å². The number of sulfone groups is 1. The first-order valence-electron chi connectivity index (χ1n) is 9.52. The van der Waals surface area contributed by atoms with Gasteiger partial charge in [-0.05, 0) is 43.9 Å². The van der Waals surface area contributed by atoms with Crippen molar-refractivity contribution in [3.8, 4) is 0 Å². The molecule has 2 atom stereocenters. The fourth-order valence-electron chi connectivity index (χ4n) is 4.09. The molecule has 1 aromatic rings. The van der Waals surface area contributed by atoms with Crippen LogP contribution in [0.3, 0.4) is 0 Å². The minimum Gasteiger partial charge on any atom is -0.334 e. The Kier molecular flexibility index (Phi) is 4.85. The number of hydrogen-bond acceptors (Lipinski definition) is 5. The highest BCUT2D eigenvalue weighted by Crippen LogP contribution is 2.34. The molecule has 1 aromatic carbocycles. The van der Waals surface area contributed by atoms with Crippen LogP contribution in [0.1, 0.15) is 31.7 Å². The highest BCUT2D eigenvalue weighted by atomic mass is 35.5. The lowest BCUT2D eigenvalue weighted by Gasteiger charge is -2.30. The maximum atomic E-state index is 13.0. The molecule has 2 saturated heterocycles. The molecule has 4 rings (SSSR count). The van der Waals surface area contributed by atoms with Crippen LogP contribution in [0.5, 0.6) is 0 Å². The number of nitrogens with zero attached hydrogens (tertiary/aromatic N) is 2. The number of imide groups is 1. The molecular formula is C19H22ClN3O5S. The summed E-state index contributed by atoms with van der Waals surface area (Å²) in [4.78, 5) is 41.0.